The lowest BCUT2D eigenvalue weighted by molar-refractivity contribution is -0.121. The number of hydrogen-bond donors (Lipinski definition) is 2. The van der Waals surface area contributed by atoms with Gasteiger partial charge in [0.25, 0.3) is 5.56 Å². The predicted molar refractivity (Wildman–Crippen MR) is 123 cm³/mol. The highest BCUT2D eigenvalue weighted by atomic mass is 16.1. The Balaban J connectivity index is 1.33. The van der Waals surface area contributed by atoms with E-state index in [1.807, 2.05) is 24.3 Å². The first-order valence-electron chi connectivity index (χ1n) is 11.2. The summed E-state index contributed by atoms with van der Waals surface area (Å²) in [4.78, 5) is 34.4. The van der Waals surface area contributed by atoms with E-state index in [9.17, 15) is 9.59 Å². The SMILES string of the molecule is C[C@@H]1CCCCN1Cc1ccccc1CNC(=O)CCc1nc2ccccc2c(=O)[nH]1. The number of carbonyl (C=O) groups excluding carboxylic acids is 1. The Labute approximate surface area is 182 Å². The van der Waals surface area contributed by atoms with E-state index in [1.54, 1.807) is 6.07 Å². The van der Waals surface area contributed by atoms with E-state index in [4.69, 9.17) is 0 Å². The second-order valence-corrected chi connectivity index (χ2v) is 8.39. The van der Waals surface area contributed by atoms with Crippen LogP contribution in [0.4, 0.5) is 0 Å². The number of amides is 1. The first kappa shape index (κ1) is 21.2. The molecule has 6 heteroatoms. The molecule has 2 N–H and O–H groups in total. The Morgan fingerprint density at radius 3 is 2.74 bits per heavy atom. The van der Waals surface area contributed by atoms with Crippen molar-refractivity contribution in [2.75, 3.05) is 6.54 Å². The van der Waals surface area contributed by atoms with Gasteiger partial charge in [-0.1, -0.05) is 42.8 Å². The van der Waals surface area contributed by atoms with Crippen LogP contribution in [0.1, 0.15) is 49.6 Å². The number of nitrogens with one attached hydrogen (secondary N) is 2. The van der Waals surface area contributed by atoms with E-state index in [0.717, 1.165) is 18.7 Å². The van der Waals surface area contributed by atoms with Crippen molar-refractivity contribution >= 4 is 16.8 Å². The highest BCUT2D eigenvalue weighted by Gasteiger charge is 2.19. The zero-order chi connectivity index (χ0) is 21.6. The van der Waals surface area contributed by atoms with Gasteiger partial charge in [-0.05, 0) is 49.6 Å². The van der Waals surface area contributed by atoms with Crippen LogP contribution in [0, 0.1) is 0 Å². The first-order valence-corrected chi connectivity index (χ1v) is 11.2. The molecule has 1 saturated heterocycles. The Hall–Kier alpha value is -2.99. The molecule has 0 aliphatic carbocycles. The number of carbonyl (C=O) groups is 1. The molecule has 0 saturated carbocycles. The molecule has 3 aromatic rings. The summed E-state index contributed by atoms with van der Waals surface area (Å²) in [6.07, 6.45) is 4.51. The number of H-pyrrole nitrogens is 1. The number of aromatic nitrogens is 2. The quantitative estimate of drug-likeness (QED) is 0.615. The van der Waals surface area contributed by atoms with Gasteiger partial charge in [0.1, 0.15) is 5.82 Å². The van der Waals surface area contributed by atoms with Crippen molar-refractivity contribution in [1.82, 2.24) is 20.2 Å². The van der Waals surface area contributed by atoms with Crippen LogP contribution in [-0.2, 0) is 24.3 Å². The zero-order valence-corrected chi connectivity index (χ0v) is 18.1. The van der Waals surface area contributed by atoms with Gasteiger partial charge in [0.05, 0.1) is 10.9 Å². The second-order valence-electron chi connectivity index (χ2n) is 8.39. The van der Waals surface area contributed by atoms with Crippen LogP contribution in [0.25, 0.3) is 10.9 Å². The number of para-hydroxylation sites is 1. The van der Waals surface area contributed by atoms with Crippen molar-refractivity contribution in [3.63, 3.8) is 0 Å². The van der Waals surface area contributed by atoms with Crippen LogP contribution in [0.15, 0.2) is 53.3 Å². The third kappa shape index (κ3) is 5.39. The summed E-state index contributed by atoms with van der Waals surface area (Å²) in [5.41, 5.74) is 2.92. The van der Waals surface area contributed by atoms with E-state index in [2.05, 4.69) is 45.3 Å². The minimum Gasteiger partial charge on any atom is -0.352 e. The molecule has 1 atom stereocenters. The Morgan fingerprint density at radius 2 is 1.90 bits per heavy atom. The van der Waals surface area contributed by atoms with Crippen molar-refractivity contribution in [1.29, 1.82) is 0 Å². The lowest BCUT2D eigenvalue weighted by Crippen LogP contribution is -2.37. The number of piperidine rings is 1. The van der Waals surface area contributed by atoms with Gasteiger partial charge < -0.3 is 10.3 Å². The topological polar surface area (TPSA) is 78.1 Å². The van der Waals surface area contributed by atoms with Gasteiger partial charge in [0, 0.05) is 32.0 Å². The van der Waals surface area contributed by atoms with Gasteiger partial charge in [-0.25, -0.2) is 4.98 Å². The van der Waals surface area contributed by atoms with E-state index in [1.165, 1.54) is 24.8 Å². The maximum Gasteiger partial charge on any atom is 0.258 e. The molecular weight excluding hydrogens is 388 g/mol. The van der Waals surface area contributed by atoms with E-state index < -0.39 is 0 Å². The summed E-state index contributed by atoms with van der Waals surface area (Å²) < 4.78 is 0. The van der Waals surface area contributed by atoms with Gasteiger partial charge in [0.15, 0.2) is 0 Å². The van der Waals surface area contributed by atoms with Crippen molar-refractivity contribution in [3.8, 4) is 0 Å². The predicted octanol–water partition coefficient (Wildman–Crippen LogP) is 3.55. The summed E-state index contributed by atoms with van der Waals surface area (Å²) in [5.74, 6) is 0.496. The van der Waals surface area contributed by atoms with Crippen LogP contribution < -0.4 is 10.9 Å². The molecule has 31 heavy (non-hydrogen) atoms. The lowest BCUT2D eigenvalue weighted by Gasteiger charge is -2.33. The minimum atomic E-state index is -0.165. The molecule has 1 amide bonds. The summed E-state index contributed by atoms with van der Waals surface area (Å²) in [6, 6.07) is 16.2. The van der Waals surface area contributed by atoms with Crippen LogP contribution in [0.5, 0.6) is 0 Å². The summed E-state index contributed by atoms with van der Waals surface area (Å²) in [7, 11) is 0. The second kappa shape index (κ2) is 9.88. The van der Waals surface area contributed by atoms with Crippen LogP contribution in [0.2, 0.25) is 0 Å². The molecule has 1 fully saturated rings. The highest BCUT2D eigenvalue weighted by molar-refractivity contribution is 5.78. The fourth-order valence-electron chi connectivity index (χ4n) is 4.26. The molecule has 2 aromatic carbocycles. The van der Waals surface area contributed by atoms with Crippen molar-refractivity contribution in [2.45, 2.75) is 58.2 Å². The van der Waals surface area contributed by atoms with Gasteiger partial charge in [-0.15, -0.1) is 0 Å². The zero-order valence-electron chi connectivity index (χ0n) is 18.1. The molecule has 1 aliphatic rings. The fraction of sp³-hybridized carbons (Fsp3) is 0.400. The normalized spacial score (nSPS) is 17.0. The molecule has 1 aliphatic heterocycles. The largest absolute Gasteiger partial charge is 0.352 e. The highest BCUT2D eigenvalue weighted by Crippen LogP contribution is 2.20. The molecule has 4 rings (SSSR count). The molecule has 1 aromatic heterocycles. The Bertz CT molecular complexity index is 1110. The Morgan fingerprint density at radius 1 is 1.13 bits per heavy atom. The van der Waals surface area contributed by atoms with Crippen LogP contribution in [-0.4, -0.2) is 33.4 Å². The molecule has 0 radical (unpaired) electrons. The summed E-state index contributed by atoms with van der Waals surface area (Å²) >= 11 is 0. The average molecular weight is 419 g/mol. The fourth-order valence-corrected chi connectivity index (χ4v) is 4.26. The van der Waals surface area contributed by atoms with Crippen molar-refractivity contribution in [3.05, 3.63) is 75.8 Å². The molecule has 0 unspecified atom stereocenters. The number of likely N-dealkylation sites (tertiary alicyclic amines) is 1. The maximum atomic E-state index is 12.5. The summed E-state index contributed by atoms with van der Waals surface area (Å²) in [5, 5.41) is 3.60. The number of aryl methyl sites for hydroxylation is 1. The first-order chi connectivity index (χ1) is 15.1. The number of aromatic amines is 1. The average Bonchev–Trinajstić information content (AvgIpc) is 2.78. The molecule has 2 heterocycles. The number of rotatable bonds is 7. The van der Waals surface area contributed by atoms with Crippen molar-refractivity contribution < 1.29 is 4.79 Å². The molecular formula is C25H30N4O2. The van der Waals surface area contributed by atoms with E-state index in [-0.39, 0.29) is 17.9 Å². The smallest absolute Gasteiger partial charge is 0.258 e. The molecule has 162 valence electrons. The molecule has 0 bridgehead atoms. The minimum absolute atomic E-state index is 0.0445. The third-order valence-corrected chi connectivity index (χ3v) is 6.16. The molecule has 0 spiro atoms. The van der Waals surface area contributed by atoms with Gasteiger partial charge in [-0.2, -0.15) is 0 Å². The number of fused-ring (bicyclic) bond motifs is 1. The lowest BCUT2D eigenvalue weighted by atomic mass is 10.0. The van der Waals surface area contributed by atoms with Gasteiger partial charge in [0.2, 0.25) is 5.91 Å². The van der Waals surface area contributed by atoms with Crippen molar-refractivity contribution in [2.24, 2.45) is 0 Å². The van der Waals surface area contributed by atoms with E-state index in [0.29, 0.717) is 35.7 Å². The number of hydrogen-bond acceptors (Lipinski definition) is 4. The number of nitrogens with zero attached hydrogens (tertiary/aromatic N) is 2. The number of benzene rings is 2. The monoisotopic (exact) mass is 418 g/mol. The van der Waals surface area contributed by atoms with Crippen LogP contribution in [0.3, 0.4) is 0 Å². The van der Waals surface area contributed by atoms with Gasteiger partial charge >= 0.3 is 0 Å². The maximum absolute atomic E-state index is 12.5. The molecule has 6 nitrogen and oxygen atoms in total. The van der Waals surface area contributed by atoms with Crippen LogP contribution >= 0.6 is 0 Å². The Kier molecular flexibility index (Phi) is 6.77. The van der Waals surface area contributed by atoms with Gasteiger partial charge in [-0.3, -0.25) is 14.5 Å². The standard InChI is InChI=1S/C25H30N4O2/c1-18-8-6-7-15-29(18)17-20-10-3-2-9-19(20)16-26-24(30)14-13-23-27-22-12-5-4-11-21(22)25(31)28-23/h2-5,9-12,18H,6-8,13-17H2,1H3,(H,26,30)(H,27,28,31)/t18-/m1/s1. The summed E-state index contributed by atoms with van der Waals surface area (Å²) in [6.45, 7) is 4.88. The van der Waals surface area contributed by atoms with E-state index >= 15 is 0 Å². The third-order valence-electron chi connectivity index (χ3n) is 6.16.